The molecule has 4 nitrogen and oxygen atoms in total. The van der Waals surface area contributed by atoms with Crippen molar-refractivity contribution in [1.82, 2.24) is 5.32 Å². The lowest BCUT2D eigenvalue weighted by Crippen LogP contribution is -2.35. The Morgan fingerprint density at radius 1 is 0.897 bits per heavy atom. The van der Waals surface area contributed by atoms with Crippen LogP contribution in [-0.2, 0) is 16.1 Å². The lowest BCUT2D eigenvalue weighted by Gasteiger charge is -2.26. The van der Waals surface area contributed by atoms with Crippen LogP contribution >= 0.6 is 0 Å². The number of nitrogens with zero attached hydrogens (tertiary/aromatic N) is 1. The first-order valence-corrected chi connectivity index (χ1v) is 9.76. The predicted octanol–water partition coefficient (Wildman–Crippen LogP) is 4.80. The van der Waals surface area contributed by atoms with E-state index >= 15 is 0 Å². The monoisotopic (exact) mass is 386 g/mol. The maximum atomic E-state index is 13.4. The van der Waals surface area contributed by atoms with Crippen molar-refractivity contribution in [2.75, 3.05) is 4.90 Å². The maximum absolute atomic E-state index is 13.4. The summed E-state index contributed by atoms with van der Waals surface area (Å²) >= 11 is 0. The molecule has 0 spiro atoms. The summed E-state index contributed by atoms with van der Waals surface area (Å²) in [6.07, 6.45) is 0.185. The lowest BCUT2D eigenvalue weighted by atomic mass is 10.0. The molecule has 2 amide bonds. The first-order valence-electron chi connectivity index (χ1n) is 9.76. The number of nitrogens with one attached hydrogen (secondary N) is 1. The number of anilines is 1. The molecule has 0 saturated heterocycles. The Balaban J connectivity index is 1.89. The van der Waals surface area contributed by atoms with E-state index in [1.165, 1.54) is 6.92 Å². The van der Waals surface area contributed by atoms with Crippen LogP contribution in [0.5, 0.6) is 0 Å². The van der Waals surface area contributed by atoms with Gasteiger partial charge in [0.05, 0.1) is 19.0 Å². The molecule has 148 valence electrons. The smallest absolute Gasteiger partial charge is 0.229 e. The summed E-state index contributed by atoms with van der Waals surface area (Å²) in [5.41, 5.74) is 3.92. The highest BCUT2D eigenvalue weighted by atomic mass is 16.2. The Bertz CT molecular complexity index is 955. The number of hydrogen-bond acceptors (Lipinski definition) is 2. The molecule has 3 rings (SSSR count). The summed E-state index contributed by atoms with van der Waals surface area (Å²) in [4.78, 5) is 26.9. The molecular formula is C25H26N2O2. The second kappa shape index (κ2) is 9.69. The minimum atomic E-state index is -0.371. The van der Waals surface area contributed by atoms with E-state index in [0.29, 0.717) is 6.54 Å². The van der Waals surface area contributed by atoms with Gasteiger partial charge in [0.25, 0.3) is 0 Å². The van der Waals surface area contributed by atoms with Gasteiger partial charge in [-0.15, -0.1) is 0 Å². The van der Waals surface area contributed by atoms with Gasteiger partial charge in [-0.3, -0.25) is 9.59 Å². The lowest BCUT2D eigenvalue weighted by molar-refractivity contribution is -0.121. The van der Waals surface area contributed by atoms with Gasteiger partial charge in [-0.25, -0.2) is 0 Å². The summed E-state index contributed by atoms with van der Waals surface area (Å²) in [5, 5.41) is 2.92. The molecule has 0 aliphatic heterocycles. The molecule has 0 aliphatic rings. The highest BCUT2D eigenvalue weighted by Crippen LogP contribution is 2.24. The Kier molecular flexibility index (Phi) is 6.80. The van der Waals surface area contributed by atoms with Gasteiger partial charge in [0.1, 0.15) is 0 Å². The van der Waals surface area contributed by atoms with Gasteiger partial charge >= 0.3 is 0 Å². The Labute approximate surface area is 172 Å². The third-order valence-corrected chi connectivity index (χ3v) is 4.76. The molecule has 0 aliphatic carbocycles. The number of amides is 2. The predicted molar refractivity (Wildman–Crippen MR) is 116 cm³/mol. The third kappa shape index (κ3) is 5.79. The molecule has 3 aromatic carbocycles. The average Bonchev–Trinajstić information content (AvgIpc) is 2.72. The summed E-state index contributed by atoms with van der Waals surface area (Å²) < 4.78 is 0. The van der Waals surface area contributed by atoms with Crippen LogP contribution in [0, 0.1) is 6.92 Å². The van der Waals surface area contributed by atoms with Gasteiger partial charge < -0.3 is 10.2 Å². The molecule has 1 atom stereocenters. The molecule has 4 heteroatoms. The van der Waals surface area contributed by atoms with E-state index < -0.39 is 0 Å². The zero-order valence-electron chi connectivity index (χ0n) is 16.8. The minimum Gasteiger partial charge on any atom is -0.349 e. The normalized spacial score (nSPS) is 11.5. The summed E-state index contributed by atoms with van der Waals surface area (Å²) in [7, 11) is 0. The van der Waals surface area contributed by atoms with E-state index in [-0.39, 0.29) is 24.3 Å². The summed E-state index contributed by atoms with van der Waals surface area (Å²) in [5.74, 6) is -0.195. The quantitative estimate of drug-likeness (QED) is 0.634. The van der Waals surface area contributed by atoms with E-state index in [2.05, 4.69) is 5.32 Å². The molecular weight excluding hydrogens is 360 g/mol. The van der Waals surface area contributed by atoms with Crippen LogP contribution in [0.4, 0.5) is 5.69 Å². The van der Waals surface area contributed by atoms with Crippen LogP contribution in [0.15, 0.2) is 84.9 Å². The highest BCUT2D eigenvalue weighted by Gasteiger charge is 2.23. The number of carbonyl (C=O) groups excluding carboxylic acids is 2. The zero-order valence-corrected chi connectivity index (χ0v) is 16.8. The number of aryl methyl sites for hydroxylation is 1. The van der Waals surface area contributed by atoms with Crippen LogP contribution in [0.25, 0.3) is 0 Å². The van der Waals surface area contributed by atoms with Crippen molar-refractivity contribution in [2.24, 2.45) is 0 Å². The van der Waals surface area contributed by atoms with Crippen molar-refractivity contribution >= 4 is 17.5 Å². The van der Waals surface area contributed by atoms with Crippen LogP contribution in [0.3, 0.4) is 0 Å². The van der Waals surface area contributed by atoms with Crippen molar-refractivity contribution in [3.8, 4) is 0 Å². The SMILES string of the molecule is CC(=O)N[C@H](CC(=O)N(Cc1ccccc1)c1cccc(C)c1)c1ccccc1. The molecule has 3 aromatic rings. The van der Waals surface area contributed by atoms with Gasteiger partial charge in [0.2, 0.25) is 11.8 Å². The fourth-order valence-corrected chi connectivity index (χ4v) is 3.35. The van der Waals surface area contributed by atoms with E-state index in [4.69, 9.17) is 0 Å². The van der Waals surface area contributed by atoms with Crippen LogP contribution in [0.2, 0.25) is 0 Å². The maximum Gasteiger partial charge on any atom is 0.229 e. The second-order valence-electron chi connectivity index (χ2n) is 7.17. The number of carbonyl (C=O) groups is 2. The molecule has 0 bridgehead atoms. The van der Waals surface area contributed by atoms with Crippen molar-refractivity contribution in [3.63, 3.8) is 0 Å². The largest absolute Gasteiger partial charge is 0.349 e. The second-order valence-corrected chi connectivity index (χ2v) is 7.17. The van der Waals surface area contributed by atoms with Crippen molar-refractivity contribution in [2.45, 2.75) is 32.9 Å². The first-order chi connectivity index (χ1) is 14.0. The van der Waals surface area contributed by atoms with Crippen LogP contribution in [-0.4, -0.2) is 11.8 Å². The van der Waals surface area contributed by atoms with Gasteiger partial charge in [-0.2, -0.15) is 0 Å². The van der Waals surface area contributed by atoms with Gasteiger partial charge in [-0.05, 0) is 35.7 Å². The zero-order chi connectivity index (χ0) is 20.6. The molecule has 0 fully saturated rings. The molecule has 0 radical (unpaired) electrons. The fourth-order valence-electron chi connectivity index (χ4n) is 3.35. The summed E-state index contributed by atoms with van der Waals surface area (Å²) in [6.45, 7) is 3.96. The van der Waals surface area contributed by atoms with Gasteiger partial charge in [0.15, 0.2) is 0 Å². The molecule has 0 saturated carbocycles. The van der Waals surface area contributed by atoms with Crippen LogP contribution in [0.1, 0.15) is 36.1 Å². The van der Waals surface area contributed by atoms with Crippen molar-refractivity contribution in [3.05, 3.63) is 102 Å². The van der Waals surface area contributed by atoms with E-state index in [0.717, 1.165) is 22.4 Å². The molecule has 0 unspecified atom stereocenters. The van der Waals surface area contributed by atoms with Gasteiger partial charge in [0, 0.05) is 12.6 Å². The Morgan fingerprint density at radius 2 is 1.55 bits per heavy atom. The van der Waals surface area contributed by atoms with Crippen LogP contribution < -0.4 is 10.2 Å². The Morgan fingerprint density at radius 3 is 2.17 bits per heavy atom. The van der Waals surface area contributed by atoms with Crippen molar-refractivity contribution < 1.29 is 9.59 Å². The summed E-state index contributed by atoms with van der Waals surface area (Å²) in [6, 6.07) is 27.1. The number of benzene rings is 3. The number of hydrogen-bond donors (Lipinski definition) is 1. The highest BCUT2D eigenvalue weighted by molar-refractivity contribution is 5.94. The Hall–Kier alpha value is -3.40. The average molecular weight is 386 g/mol. The molecule has 0 aromatic heterocycles. The first kappa shape index (κ1) is 20.3. The topological polar surface area (TPSA) is 49.4 Å². The molecule has 29 heavy (non-hydrogen) atoms. The van der Waals surface area contributed by atoms with E-state index in [1.807, 2.05) is 91.9 Å². The minimum absolute atomic E-state index is 0.0398. The van der Waals surface area contributed by atoms with Crippen molar-refractivity contribution in [1.29, 1.82) is 0 Å². The third-order valence-electron chi connectivity index (χ3n) is 4.76. The molecule has 1 N–H and O–H groups in total. The van der Waals surface area contributed by atoms with E-state index in [1.54, 1.807) is 4.90 Å². The standard InChI is InChI=1S/C25H26N2O2/c1-19-10-9-15-23(16-19)27(18-21-11-5-3-6-12-21)25(29)17-24(26-20(2)28)22-13-7-4-8-14-22/h3-16,24H,17-18H2,1-2H3,(H,26,28)/t24-/m1/s1. The number of rotatable bonds is 7. The molecule has 0 heterocycles. The fraction of sp³-hybridized carbons (Fsp3) is 0.200. The van der Waals surface area contributed by atoms with E-state index in [9.17, 15) is 9.59 Å². The van der Waals surface area contributed by atoms with Gasteiger partial charge in [-0.1, -0.05) is 72.8 Å².